The molecule has 6 rings (SSSR count). The number of nitrogens with two attached hydrogens (primary N) is 1. The first-order valence-electron chi connectivity index (χ1n) is 23.9. The Kier molecular flexibility index (Phi) is 21.3. The monoisotopic (exact) mass is 1070 g/mol. The Labute approximate surface area is 423 Å². The molecule has 0 bridgehead atoms. The number of Topliss-reactive ketones (excluding diaryl/α,β-unsaturated/α-hetero) is 3. The number of anilines is 1. The van der Waals surface area contributed by atoms with Crippen molar-refractivity contribution in [1.82, 2.24) is 34.9 Å². The zero-order chi connectivity index (χ0) is 51.6. The molecule has 1 aromatic carbocycles. The zero-order valence-electron chi connectivity index (χ0n) is 40.4. The second kappa shape index (κ2) is 27.7. The third-order valence-corrected chi connectivity index (χ3v) is 12.3. The molecule has 2 fully saturated rings. The van der Waals surface area contributed by atoms with E-state index in [1.807, 2.05) is 12.1 Å². The van der Waals surface area contributed by atoms with Crippen LogP contribution in [-0.4, -0.2) is 162 Å². The molecule has 3 atom stereocenters. The molecule has 21 nitrogen and oxygen atoms in total. The minimum absolute atomic E-state index is 0.0120. The molecule has 0 radical (unpaired) electrons. The number of carbonyl (C=O) groups excluding carboxylic acids is 7. The minimum atomic E-state index is -1.40. The van der Waals surface area contributed by atoms with Crippen molar-refractivity contribution >= 4 is 73.7 Å². The smallest absolute Gasteiger partial charge is 0.322 e. The van der Waals surface area contributed by atoms with Gasteiger partial charge in [0.1, 0.15) is 65.7 Å². The Hall–Kier alpha value is -5.98. The van der Waals surface area contributed by atoms with Crippen molar-refractivity contribution < 1.29 is 61.6 Å². The van der Waals surface area contributed by atoms with Crippen LogP contribution in [0.2, 0.25) is 0 Å². The van der Waals surface area contributed by atoms with Crippen molar-refractivity contribution in [3.63, 3.8) is 0 Å². The first-order chi connectivity index (χ1) is 34.7. The SMILES string of the molecule is COC(=O)[C@@H](N)CCC(=O)CCCOCCOCC(=O)NCCOCCOCC(=O)CCc1ncc(-c2ccc3c(c2)c(C(C)=O)nn3CC(=O)N2C[C@H](F)C[C@H]2C(=O)Nc2nc(Br)ccc2C2CC2)cn1. The van der Waals surface area contributed by atoms with Crippen LogP contribution in [0.25, 0.3) is 22.0 Å². The highest BCUT2D eigenvalue weighted by molar-refractivity contribution is 9.10. The Morgan fingerprint density at radius 1 is 0.875 bits per heavy atom. The Balaban J connectivity index is 0.846. The number of benzene rings is 1. The number of aromatic nitrogens is 5. The van der Waals surface area contributed by atoms with Crippen LogP contribution < -0.4 is 16.4 Å². The predicted molar refractivity (Wildman–Crippen MR) is 261 cm³/mol. The number of methoxy groups -OCH3 is 1. The molecule has 2 aliphatic rings. The number of likely N-dealkylation sites (tertiary alicyclic amines) is 1. The molecular formula is C49H61BrFN9O12. The first-order valence-corrected chi connectivity index (χ1v) is 24.7. The fraction of sp³-hybridized carbons (Fsp3) is 0.531. The van der Waals surface area contributed by atoms with E-state index >= 15 is 0 Å². The van der Waals surface area contributed by atoms with Gasteiger partial charge in [0.05, 0.1) is 52.2 Å². The van der Waals surface area contributed by atoms with E-state index in [2.05, 4.69) is 51.4 Å². The molecule has 3 amide bonds. The Morgan fingerprint density at radius 2 is 1.60 bits per heavy atom. The maximum atomic E-state index is 14.9. The number of ether oxygens (including phenoxy) is 5. The fourth-order valence-corrected chi connectivity index (χ4v) is 8.19. The Bertz CT molecular complexity index is 2540. The summed E-state index contributed by atoms with van der Waals surface area (Å²) in [6.07, 6.45) is 5.36. The molecule has 72 heavy (non-hydrogen) atoms. The third-order valence-electron chi connectivity index (χ3n) is 11.9. The zero-order valence-corrected chi connectivity index (χ0v) is 42.0. The Morgan fingerprint density at radius 3 is 2.32 bits per heavy atom. The number of halogens is 2. The predicted octanol–water partition coefficient (Wildman–Crippen LogP) is 3.62. The van der Waals surface area contributed by atoms with E-state index in [-0.39, 0.29) is 127 Å². The molecule has 23 heteroatoms. The van der Waals surface area contributed by atoms with Crippen molar-refractivity contribution in [1.29, 1.82) is 0 Å². The van der Waals surface area contributed by atoms with Gasteiger partial charge < -0.3 is 45.0 Å². The van der Waals surface area contributed by atoms with Gasteiger partial charge in [0.25, 0.3) is 0 Å². The number of aryl methyl sites for hydroxylation is 1. The lowest BCUT2D eigenvalue weighted by atomic mass is 10.0. The van der Waals surface area contributed by atoms with Gasteiger partial charge in [-0.1, -0.05) is 12.1 Å². The standard InChI is InChI=1S/C49H61BrFN9O12/c1-30(61)46-38-22-32(7-12-40(38)60(58-46)27-45(65)59-26-34(51)23-41(59)48(66)57-47-37(31-5-6-31)10-13-42(50)56-47)33-24-54-43(55-25-33)14-9-36(63)28-71-20-19-70-17-15-53-44(64)29-72-21-18-69-16-3-4-35(62)8-11-39(52)49(67)68-2/h7,10,12-13,22,24-25,31,34,39,41H,3-6,8-9,11,14-21,23,26-29,52H2,1-2H3,(H,53,64)(H,56,57,66)/t34-,39+,41+/m1/s1. The number of nitrogens with one attached hydrogen (secondary N) is 2. The molecule has 1 saturated carbocycles. The molecular weight excluding hydrogens is 1010 g/mol. The summed E-state index contributed by atoms with van der Waals surface area (Å²) in [6.45, 7) is 2.26. The van der Waals surface area contributed by atoms with Crippen LogP contribution in [-0.2, 0) is 65.4 Å². The van der Waals surface area contributed by atoms with Crippen LogP contribution in [0.15, 0.2) is 47.3 Å². The van der Waals surface area contributed by atoms with Crippen LogP contribution in [0.1, 0.15) is 86.1 Å². The van der Waals surface area contributed by atoms with Crippen LogP contribution in [0, 0.1) is 0 Å². The highest BCUT2D eigenvalue weighted by Crippen LogP contribution is 2.43. The quantitative estimate of drug-likeness (QED) is 0.0281. The van der Waals surface area contributed by atoms with Crippen molar-refractivity contribution in [2.24, 2.45) is 5.73 Å². The molecule has 3 aromatic heterocycles. The average Bonchev–Trinajstić information content (AvgIpc) is 4.04. The molecule has 4 heterocycles. The van der Waals surface area contributed by atoms with Gasteiger partial charge >= 0.3 is 5.97 Å². The number of esters is 1. The van der Waals surface area contributed by atoms with Crippen LogP contribution >= 0.6 is 15.9 Å². The van der Waals surface area contributed by atoms with Gasteiger partial charge in [0.15, 0.2) is 11.6 Å². The summed E-state index contributed by atoms with van der Waals surface area (Å²) < 4.78 is 42.9. The minimum Gasteiger partial charge on any atom is -0.468 e. The van der Waals surface area contributed by atoms with Gasteiger partial charge in [0.2, 0.25) is 17.7 Å². The molecule has 1 saturated heterocycles. The van der Waals surface area contributed by atoms with Crippen molar-refractivity contribution in [3.8, 4) is 11.1 Å². The van der Waals surface area contributed by atoms with Gasteiger partial charge in [-0.3, -0.25) is 38.2 Å². The lowest BCUT2D eigenvalue weighted by Crippen LogP contribution is -2.44. The van der Waals surface area contributed by atoms with Crippen LogP contribution in [0.3, 0.4) is 0 Å². The number of hydrogen-bond acceptors (Lipinski definition) is 17. The number of carbonyl (C=O) groups is 7. The van der Waals surface area contributed by atoms with Crippen LogP contribution in [0.5, 0.6) is 0 Å². The summed E-state index contributed by atoms with van der Waals surface area (Å²) in [5, 5.41) is 10.5. The molecule has 4 aromatic rings. The summed E-state index contributed by atoms with van der Waals surface area (Å²) in [5.41, 5.74) is 8.50. The van der Waals surface area contributed by atoms with E-state index in [4.69, 9.17) is 24.7 Å². The van der Waals surface area contributed by atoms with E-state index in [9.17, 15) is 38.0 Å². The van der Waals surface area contributed by atoms with Gasteiger partial charge in [-0.15, -0.1) is 0 Å². The second-order valence-corrected chi connectivity index (χ2v) is 18.3. The summed E-state index contributed by atoms with van der Waals surface area (Å²) >= 11 is 3.35. The summed E-state index contributed by atoms with van der Waals surface area (Å²) in [7, 11) is 1.25. The summed E-state index contributed by atoms with van der Waals surface area (Å²) in [6, 6.07) is 7.12. The lowest BCUT2D eigenvalue weighted by Gasteiger charge is -2.24. The van der Waals surface area contributed by atoms with E-state index in [0.29, 0.717) is 63.6 Å². The van der Waals surface area contributed by atoms with Crippen molar-refractivity contribution in [3.05, 3.63) is 64.4 Å². The summed E-state index contributed by atoms with van der Waals surface area (Å²) in [5.74, 6) is -1.24. The number of pyridine rings is 1. The number of amides is 3. The normalized spacial score (nSPS) is 15.9. The second-order valence-electron chi connectivity index (χ2n) is 17.4. The van der Waals surface area contributed by atoms with E-state index in [1.165, 1.54) is 23.6 Å². The highest BCUT2D eigenvalue weighted by atomic mass is 79.9. The van der Waals surface area contributed by atoms with E-state index < -0.39 is 36.0 Å². The molecule has 1 aliphatic carbocycles. The lowest BCUT2D eigenvalue weighted by molar-refractivity contribution is -0.142. The number of hydrogen-bond donors (Lipinski definition) is 3. The molecule has 388 valence electrons. The largest absolute Gasteiger partial charge is 0.468 e. The maximum absolute atomic E-state index is 14.9. The first kappa shape index (κ1) is 55.3. The molecule has 1 aliphatic heterocycles. The average molecular weight is 1070 g/mol. The van der Waals surface area contributed by atoms with Gasteiger partial charge in [0, 0.05) is 75.5 Å². The molecule has 4 N–H and O–H groups in total. The highest BCUT2D eigenvalue weighted by Gasteiger charge is 2.41. The number of rotatable bonds is 31. The van der Waals surface area contributed by atoms with E-state index in [0.717, 1.165) is 18.4 Å². The van der Waals surface area contributed by atoms with Gasteiger partial charge in [-0.2, -0.15) is 5.10 Å². The number of fused-ring (bicyclic) bond motifs is 1. The fourth-order valence-electron chi connectivity index (χ4n) is 7.88. The van der Waals surface area contributed by atoms with Crippen molar-refractivity contribution in [2.75, 3.05) is 78.4 Å². The van der Waals surface area contributed by atoms with Crippen LogP contribution in [0.4, 0.5) is 10.2 Å². The van der Waals surface area contributed by atoms with E-state index in [1.54, 1.807) is 30.6 Å². The van der Waals surface area contributed by atoms with Gasteiger partial charge in [-0.25, -0.2) is 19.3 Å². The summed E-state index contributed by atoms with van der Waals surface area (Å²) in [4.78, 5) is 102. The third kappa shape index (κ3) is 16.8. The number of alkyl halides is 1. The number of ketones is 3. The molecule has 0 unspecified atom stereocenters. The molecule has 0 spiro atoms. The topological polar surface area (TPSA) is 275 Å². The maximum Gasteiger partial charge on any atom is 0.322 e. The number of nitrogens with zero attached hydrogens (tertiary/aromatic N) is 6. The van der Waals surface area contributed by atoms with Gasteiger partial charge in [-0.05, 0) is 76.9 Å². The van der Waals surface area contributed by atoms with Crippen molar-refractivity contribution in [2.45, 2.75) is 95.4 Å².